The molecule has 65 valence electrons. The molecule has 2 nitrogen and oxygen atoms in total. The summed E-state index contributed by atoms with van der Waals surface area (Å²) < 4.78 is 0. The number of aliphatic hydroxyl groups is 2. The Balaban J connectivity index is 2.86. The Morgan fingerprint density at radius 2 is 2.08 bits per heavy atom. The molecule has 1 atom stereocenters. The van der Waals surface area contributed by atoms with Crippen LogP contribution >= 0.6 is 0 Å². The van der Waals surface area contributed by atoms with Crippen molar-refractivity contribution in [2.45, 2.75) is 12.5 Å². The topological polar surface area (TPSA) is 40.5 Å². The van der Waals surface area contributed by atoms with Gasteiger partial charge in [0, 0.05) is 12.5 Å². The lowest BCUT2D eigenvalue weighted by molar-refractivity contribution is 0.278. The molecule has 1 radical (unpaired) electrons. The minimum absolute atomic E-state index is 0.0337. The molecule has 0 aliphatic carbocycles. The number of hydrogen-bond donors (Lipinski definition) is 2. The lowest BCUT2D eigenvalue weighted by Gasteiger charge is -2.08. The Morgan fingerprint density at radius 3 is 2.67 bits per heavy atom. The van der Waals surface area contributed by atoms with Crippen LogP contribution in [0.4, 0.5) is 0 Å². The van der Waals surface area contributed by atoms with E-state index in [1.54, 1.807) is 0 Å². The Hall–Kier alpha value is -0.860. The van der Waals surface area contributed by atoms with Crippen LogP contribution in [0, 0.1) is 6.92 Å². The lowest BCUT2D eigenvalue weighted by Crippen LogP contribution is -1.99. The summed E-state index contributed by atoms with van der Waals surface area (Å²) in [5, 5.41) is 17.7. The number of rotatable bonds is 3. The summed E-state index contributed by atoms with van der Waals surface area (Å²) in [4.78, 5) is 0. The molecule has 1 unspecified atom stereocenters. The van der Waals surface area contributed by atoms with Crippen LogP contribution < -0.4 is 0 Å². The van der Waals surface area contributed by atoms with Crippen molar-refractivity contribution in [2.75, 3.05) is 6.61 Å². The van der Waals surface area contributed by atoms with E-state index in [9.17, 15) is 0 Å². The van der Waals surface area contributed by atoms with Gasteiger partial charge in [-0.15, -0.1) is 0 Å². The number of aliphatic hydroxyl groups excluding tert-OH is 2. The van der Waals surface area contributed by atoms with Crippen LogP contribution in [0.3, 0.4) is 0 Å². The average molecular weight is 165 g/mol. The fourth-order valence-electron chi connectivity index (χ4n) is 1.05. The zero-order valence-electron chi connectivity index (χ0n) is 6.90. The van der Waals surface area contributed by atoms with Gasteiger partial charge in [0.2, 0.25) is 0 Å². The largest absolute Gasteiger partial charge is 0.396 e. The van der Waals surface area contributed by atoms with Crippen LogP contribution in [-0.4, -0.2) is 16.8 Å². The molecular formula is C10H13O2. The van der Waals surface area contributed by atoms with Gasteiger partial charge in [-0.05, 0) is 18.1 Å². The lowest BCUT2D eigenvalue weighted by atomic mass is 10.0. The van der Waals surface area contributed by atoms with Crippen LogP contribution in [0.15, 0.2) is 24.3 Å². The summed E-state index contributed by atoms with van der Waals surface area (Å²) in [5.74, 6) is -0.100. The van der Waals surface area contributed by atoms with Crippen molar-refractivity contribution in [3.05, 3.63) is 42.3 Å². The highest BCUT2D eigenvalue weighted by Crippen LogP contribution is 2.15. The van der Waals surface area contributed by atoms with Crippen molar-refractivity contribution in [2.24, 2.45) is 0 Å². The molecule has 0 spiro atoms. The van der Waals surface area contributed by atoms with Gasteiger partial charge >= 0.3 is 0 Å². The fourth-order valence-corrected chi connectivity index (χ4v) is 1.05. The van der Waals surface area contributed by atoms with E-state index >= 15 is 0 Å². The second-order valence-corrected chi connectivity index (χ2v) is 2.78. The Labute approximate surface area is 72.5 Å². The van der Waals surface area contributed by atoms with Gasteiger partial charge in [-0.2, -0.15) is 0 Å². The smallest absolute Gasteiger partial charge is 0.0681 e. The Bertz CT molecular complexity index is 245. The van der Waals surface area contributed by atoms with Crippen molar-refractivity contribution in [3.8, 4) is 0 Å². The van der Waals surface area contributed by atoms with Gasteiger partial charge in [-0.25, -0.2) is 0 Å². The minimum Gasteiger partial charge on any atom is -0.396 e. The molecule has 0 amide bonds. The van der Waals surface area contributed by atoms with E-state index in [2.05, 4.69) is 6.92 Å². The monoisotopic (exact) mass is 165 g/mol. The van der Waals surface area contributed by atoms with Crippen molar-refractivity contribution in [1.82, 2.24) is 0 Å². The highest BCUT2D eigenvalue weighted by Gasteiger charge is 2.03. The van der Waals surface area contributed by atoms with Crippen molar-refractivity contribution in [3.63, 3.8) is 0 Å². The average Bonchev–Trinajstić information content (AvgIpc) is 2.17. The fraction of sp³-hybridized carbons (Fsp3) is 0.300. The van der Waals surface area contributed by atoms with Gasteiger partial charge in [0.05, 0.1) is 6.61 Å². The first-order chi connectivity index (χ1) is 5.77. The van der Waals surface area contributed by atoms with Gasteiger partial charge in [-0.3, -0.25) is 0 Å². The van der Waals surface area contributed by atoms with Crippen molar-refractivity contribution < 1.29 is 10.2 Å². The zero-order valence-corrected chi connectivity index (χ0v) is 6.90. The van der Waals surface area contributed by atoms with Crippen LogP contribution in [0.25, 0.3) is 0 Å². The molecule has 0 saturated carbocycles. The Morgan fingerprint density at radius 1 is 1.33 bits per heavy atom. The van der Waals surface area contributed by atoms with Gasteiger partial charge < -0.3 is 10.2 Å². The second-order valence-electron chi connectivity index (χ2n) is 2.78. The molecule has 2 N–H and O–H groups in total. The van der Waals surface area contributed by atoms with Gasteiger partial charge in [0.1, 0.15) is 0 Å². The van der Waals surface area contributed by atoms with E-state index in [0.29, 0.717) is 0 Å². The van der Waals surface area contributed by atoms with Crippen LogP contribution in [0.2, 0.25) is 0 Å². The third-order valence-corrected chi connectivity index (χ3v) is 1.83. The first-order valence-electron chi connectivity index (χ1n) is 3.91. The van der Waals surface area contributed by atoms with E-state index < -0.39 is 0 Å². The number of hydrogen-bond acceptors (Lipinski definition) is 2. The Kier molecular flexibility index (Phi) is 3.26. The molecule has 1 aromatic rings. The maximum atomic E-state index is 8.83. The zero-order chi connectivity index (χ0) is 8.97. The van der Waals surface area contributed by atoms with E-state index in [-0.39, 0.29) is 19.1 Å². The minimum atomic E-state index is -0.100. The maximum absolute atomic E-state index is 8.83. The predicted molar refractivity (Wildman–Crippen MR) is 47.5 cm³/mol. The highest BCUT2D eigenvalue weighted by atomic mass is 16.3. The number of benzene rings is 1. The third-order valence-electron chi connectivity index (χ3n) is 1.83. The molecule has 0 bridgehead atoms. The summed E-state index contributed by atoms with van der Waals surface area (Å²) in [6.45, 7) is 3.84. The SMILES string of the molecule is [CH2]C(CO)c1cccc(CO)c1. The van der Waals surface area contributed by atoms with Gasteiger partial charge in [0.15, 0.2) is 0 Å². The molecule has 1 rings (SSSR count). The van der Waals surface area contributed by atoms with Crippen LogP contribution in [0.1, 0.15) is 17.0 Å². The molecule has 1 aromatic carbocycles. The van der Waals surface area contributed by atoms with E-state index in [4.69, 9.17) is 10.2 Å². The summed E-state index contributed by atoms with van der Waals surface area (Å²) >= 11 is 0. The molecule has 12 heavy (non-hydrogen) atoms. The molecule has 0 aromatic heterocycles. The van der Waals surface area contributed by atoms with E-state index in [0.717, 1.165) is 11.1 Å². The predicted octanol–water partition coefficient (Wildman–Crippen LogP) is 1.09. The maximum Gasteiger partial charge on any atom is 0.0681 e. The third kappa shape index (κ3) is 2.06. The summed E-state index contributed by atoms with van der Waals surface area (Å²) in [6, 6.07) is 7.45. The second kappa shape index (κ2) is 4.24. The van der Waals surface area contributed by atoms with Crippen LogP contribution in [0.5, 0.6) is 0 Å². The summed E-state index contributed by atoms with van der Waals surface area (Å²) in [7, 11) is 0. The molecule has 2 heteroatoms. The highest BCUT2D eigenvalue weighted by molar-refractivity contribution is 5.26. The molecule has 0 saturated heterocycles. The van der Waals surface area contributed by atoms with Gasteiger partial charge in [-0.1, -0.05) is 24.3 Å². The first-order valence-corrected chi connectivity index (χ1v) is 3.91. The molecule has 0 aliphatic heterocycles. The quantitative estimate of drug-likeness (QED) is 0.703. The molecule has 0 fully saturated rings. The normalized spacial score (nSPS) is 12.9. The van der Waals surface area contributed by atoms with E-state index in [1.165, 1.54) is 0 Å². The van der Waals surface area contributed by atoms with Gasteiger partial charge in [0.25, 0.3) is 0 Å². The van der Waals surface area contributed by atoms with Crippen molar-refractivity contribution >= 4 is 0 Å². The van der Waals surface area contributed by atoms with E-state index in [1.807, 2.05) is 24.3 Å². The molecule has 0 heterocycles. The standard InChI is InChI=1S/C10H13O2/c1-8(6-11)10-4-2-3-9(5-10)7-12/h2-5,8,11-12H,1,6-7H2. The van der Waals surface area contributed by atoms with Crippen LogP contribution in [-0.2, 0) is 6.61 Å². The first kappa shape index (κ1) is 9.23. The molecule has 0 aliphatic rings. The molecular weight excluding hydrogens is 152 g/mol. The van der Waals surface area contributed by atoms with Crippen molar-refractivity contribution in [1.29, 1.82) is 0 Å². The summed E-state index contributed by atoms with van der Waals surface area (Å²) in [5.41, 5.74) is 1.82. The summed E-state index contributed by atoms with van der Waals surface area (Å²) in [6.07, 6.45) is 0.